The van der Waals surface area contributed by atoms with E-state index in [2.05, 4.69) is 29.7 Å². The van der Waals surface area contributed by atoms with Crippen molar-refractivity contribution in [2.45, 2.75) is 89.9 Å². The highest BCUT2D eigenvalue weighted by molar-refractivity contribution is 5.25. The molecule has 0 saturated carbocycles. The van der Waals surface area contributed by atoms with E-state index < -0.39 is 0 Å². The molecule has 1 aromatic heterocycles. The van der Waals surface area contributed by atoms with E-state index in [1.165, 1.54) is 57.8 Å². The molecular formula is C23H34O2. The van der Waals surface area contributed by atoms with Gasteiger partial charge in [-0.2, -0.15) is 0 Å². The molecule has 2 heteroatoms. The van der Waals surface area contributed by atoms with Gasteiger partial charge < -0.3 is 9.52 Å². The van der Waals surface area contributed by atoms with Crippen molar-refractivity contribution >= 4 is 0 Å². The summed E-state index contributed by atoms with van der Waals surface area (Å²) in [5, 5.41) is 8.64. The van der Waals surface area contributed by atoms with E-state index in [1.807, 2.05) is 6.07 Å². The first-order valence-electron chi connectivity index (χ1n) is 10.0. The Kier molecular flexibility index (Phi) is 14.7. The number of furan rings is 1. The summed E-state index contributed by atoms with van der Waals surface area (Å²) in [6, 6.07) is 4.03. The van der Waals surface area contributed by atoms with Crippen LogP contribution in [0.25, 0.3) is 0 Å². The lowest BCUT2D eigenvalue weighted by Crippen LogP contribution is -1.84. The molecule has 0 saturated heterocycles. The number of hydrogen-bond acceptors (Lipinski definition) is 2. The predicted octanol–water partition coefficient (Wildman–Crippen LogP) is 5.89. The lowest BCUT2D eigenvalue weighted by Gasteiger charge is -2.01. The molecule has 1 rings (SSSR count). The van der Waals surface area contributed by atoms with Gasteiger partial charge in [0.2, 0.25) is 0 Å². The number of aryl methyl sites for hydroxylation is 1. The second-order valence-electron chi connectivity index (χ2n) is 6.55. The standard InChI is InChI=1S/C23H34O2/c24-21-17-15-13-11-9-7-5-3-1-2-4-6-8-10-12-14-16-19-23-20-18-22-25-23/h18,20,22,24H,1-4,6,8,10,12-17,19,21H2. The van der Waals surface area contributed by atoms with Crippen LogP contribution in [0, 0.1) is 23.7 Å². The Hall–Kier alpha value is -1.64. The molecule has 0 aliphatic rings. The predicted molar refractivity (Wildman–Crippen MR) is 105 cm³/mol. The molecule has 0 bridgehead atoms. The van der Waals surface area contributed by atoms with E-state index >= 15 is 0 Å². The molecule has 0 fully saturated rings. The highest BCUT2D eigenvalue weighted by atomic mass is 16.3. The molecule has 0 aliphatic carbocycles. The number of aliphatic hydroxyl groups is 1. The van der Waals surface area contributed by atoms with Crippen LogP contribution in [-0.4, -0.2) is 11.7 Å². The maximum absolute atomic E-state index is 8.64. The van der Waals surface area contributed by atoms with Crippen molar-refractivity contribution in [3.05, 3.63) is 24.2 Å². The van der Waals surface area contributed by atoms with Gasteiger partial charge in [-0.15, -0.1) is 0 Å². The van der Waals surface area contributed by atoms with E-state index in [1.54, 1.807) is 6.26 Å². The summed E-state index contributed by atoms with van der Waals surface area (Å²) in [5.41, 5.74) is 0. The fourth-order valence-corrected chi connectivity index (χ4v) is 2.74. The molecule has 0 amide bonds. The summed E-state index contributed by atoms with van der Waals surface area (Å²) in [6.07, 6.45) is 18.3. The van der Waals surface area contributed by atoms with E-state index in [0.717, 1.165) is 37.9 Å². The Labute approximate surface area is 154 Å². The molecule has 1 aromatic rings. The van der Waals surface area contributed by atoms with E-state index in [4.69, 9.17) is 9.52 Å². The van der Waals surface area contributed by atoms with Crippen LogP contribution in [0.4, 0.5) is 0 Å². The highest BCUT2D eigenvalue weighted by Crippen LogP contribution is 2.12. The number of aliphatic hydroxyl groups excluding tert-OH is 1. The molecule has 0 unspecified atom stereocenters. The molecule has 0 aromatic carbocycles. The summed E-state index contributed by atoms with van der Waals surface area (Å²) in [7, 11) is 0. The van der Waals surface area contributed by atoms with Crippen LogP contribution in [0.15, 0.2) is 22.8 Å². The lowest BCUT2D eigenvalue weighted by molar-refractivity contribution is 0.285. The highest BCUT2D eigenvalue weighted by Gasteiger charge is 1.96. The quantitative estimate of drug-likeness (QED) is 0.338. The topological polar surface area (TPSA) is 33.4 Å². The molecule has 0 atom stereocenters. The van der Waals surface area contributed by atoms with Crippen LogP contribution in [0.5, 0.6) is 0 Å². The average Bonchev–Trinajstić information content (AvgIpc) is 3.14. The van der Waals surface area contributed by atoms with Gasteiger partial charge in [0.25, 0.3) is 0 Å². The third kappa shape index (κ3) is 14.4. The smallest absolute Gasteiger partial charge is 0.103 e. The maximum Gasteiger partial charge on any atom is 0.103 e. The zero-order valence-corrected chi connectivity index (χ0v) is 15.7. The molecule has 2 nitrogen and oxygen atoms in total. The van der Waals surface area contributed by atoms with E-state index in [0.29, 0.717) is 0 Å². The third-order valence-corrected chi connectivity index (χ3v) is 4.25. The summed E-state index contributed by atoms with van der Waals surface area (Å²) in [6.45, 7) is 0.263. The van der Waals surface area contributed by atoms with E-state index in [-0.39, 0.29) is 6.61 Å². The molecule has 0 aliphatic heterocycles. The normalized spacial score (nSPS) is 9.96. The Balaban J connectivity index is 1.77. The SMILES string of the molecule is OCCCCC#CC#CCCCCCCCCCCCc1ccco1. The molecule has 0 spiro atoms. The molecule has 1 N–H and O–H groups in total. The first kappa shape index (κ1) is 21.4. The van der Waals surface area contributed by atoms with Gasteiger partial charge in [0.1, 0.15) is 5.76 Å². The van der Waals surface area contributed by atoms with Gasteiger partial charge in [-0.3, -0.25) is 0 Å². The van der Waals surface area contributed by atoms with Gasteiger partial charge in [0, 0.05) is 25.9 Å². The van der Waals surface area contributed by atoms with E-state index in [9.17, 15) is 0 Å². The number of hydrogen-bond donors (Lipinski definition) is 1. The first-order chi connectivity index (χ1) is 12.4. The zero-order valence-electron chi connectivity index (χ0n) is 15.7. The first-order valence-corrected chi connectivity index (χ1v) is 10.0. The van der Waals surface area contributed by atoms with Crippen molar-refractivity contribution in [1.82, 2.24) is 0 Å². The molecule has 25 heavy (non-hydrogen) atoms. The van der Waals surface area contributed by atoms with Gasteiger partial charge >= 0.3 is 0 Å². The summed E-state index contributed by atoms with van der Waals surface area (Å²) in [5.74, 6) is 13.1. The fourth-order valence-electron chi connectivity index (χ4n) is 2.74. The minimum absolute atomic E-state index is 0.263. The summed E-state index contributed by atoms with van der Waals surface area (Å²) in [4.78, 5) is 0. The second-order valence-corrected chi connectivity index (χ2v) is 6.55. The van der Waals surface area contributed by atoms with Crippen molar-refractivity contribution in [2.75, 3.05) is 6.61 Å². The van der Waals surface area contributed by atoms with Crippen molar-refractivity contribution in [3.63, 3.8) is 0 Å². The van der Waals surface area contributed by atoms with Gasteiger partial charge in [-0.1, -0.05) is 56.8 Å². The fraction of sp³-hybridized carbons (Fsp3) is 0.652. The van der Waals surface area contributed by atoms with Crippen LogP contribution in [0.1, 0.15) is 89.2 Å². The minimum atomic E-state index is 0.263. The zero-order chi connectivity index (χ0) is 17.8. The van der Waals surface area contributed by atoms with Crippen molar-refractivity contribution in [1.29, 1.82) is 0 Å². The van der Waals surface area contributed by atoms with Crippen LogP contribution in [-0.2, 0) is 6.42 Å². The Morgan fingerprint density at radius 3 is 1.84 bits per heavy atom. The lowest BCUT2D eigenvalue weighted by atomic mass is 10.1. The molecule has 1 heterocycles. The van der Waals surface area contributed by atoms with Gasteiger partial charge in [0.15, 0.2) is 0 Å². The van der Waals surface area contributed by atoms with Crippen LogP contribution >= 0.6 is 0 Å². The van der Waals surface area contributed by atoms with Gasteiger partial charge in [-0.25, -0.2) is 0 Å². The Morgan fingerprint density at radius 2 is 1.28 bits per heavy atom. The van der Waals surface area contributed by atoms with Crippen molar-refractivity contribution < 1.29 is 9.52 Å². The molecule has 0 radical (unpaired) electrons. The summed E-state index contributed by atoms with van der Waals surface area (Å²) >= 11 is 0. The van der Waals surface area contributed by atoms with Crippen LogP contribution in [0.2, 0.25) is 0 Å². The van der Waals surface area contributed by atoms with Crippen LogP contribution in [0.3, 0.4) is 0 Å². The number of rotatable bonds is 14. The summed E-state index contributed by atoms with van der Waals surface area (Å²) < 4.78 is 5.34. The Bertz CT molecular complexity index is 508. The molecule has 138 valence electrons. The maximum atomic E-state index is 8.64. The average molecular weight is 343 g/mol. The monoisotopic (exact) mass is 342 g/mol. The van der Waals surface area contributed by atoms with Crippen molar-refractivity contribution in [2.24, 2.45) is 0 Å². The minimum Gasteiger partial charge on any atom is -0.469 e. The molecular weight excluding hydrogens is 308 g/mol. The second kappa shape index (κ2) is 17.2. The van der Waals surface area contributed by atoms with Gasteiger partial charge in [-0.05, 0) is 49.7 Å². The number of unbranched alkanes of at least 4 members (excludes halogenated alkanes) is 11. The largest absolute Gasteiger partial charge is 0.469 e. The Morgan fingerprint density at radius 1 is 0.720 bits per heavy atom. The van der Waals surface area contributed by atoms with Crippen LogP contribution < -0.4 is 0 Å². The third-order valence-electron chi connectivity index (χ3n) is 4.25. The van der Waals surface area contributed by atoms with Crippen molar-refractivity contribution in [3.8, 4) is 23.7 Å². The van der Waals surface area contributed by atoms with Gasteiger partial charge in [0.05, 0.1) is 6.26 Å².